The van der Waals surface area contributed by atoms with E-state index in [2.05, 4.69) is 26.8 Å². The number of hydrogen-bond donors (Lipinski definition) is 0. The maximum Gasteiger partial charge on any atom is 0.336 e. The van der Waals surface area contributed by atoms with Crippen LogP contribution >= 0.6 is 11.6 Å². The highest BCUT2D eigenvalue weighted by atomic mass is 35.5. The third-order valence-electron chi connectivity index (χ3n) is 4.45. The lowest BCUT2D eigenvalue weighted by molar-refractivity contribution is 0.538. The second-order valence-corrected chi connectivity index (χ2v) is 6.08. The zero-order chi connectivity index (χ0) is 16.6. The van der Waals surface area contributed by atoms with Gasteiger partial charge in [0.25, 0.3) is 0 Å². The molecule has 4 heteroatoms. The van der Waals surface area contributed by atoms with Crippen molar-refractivity contribution >= 4 is 33.5 Å². The summed E-state index contributed by atoms with van der Waals surface area (Å²) in [5.74, 6) is 1.54. The maximum atomic E-state index is 11.9. The molecule has 3 nitrogen and oxygen atoms in total. The van der Waals surface area contributed by atoms with Gasteiger partial charge in [-0.25, -0.2) is 4.79 Å². The van der Waals surface area contributed by atoms with Crippen molar-refractivity contribution in [3.8, 4) is 0 Å². The molecule has 0 aliphatic carbocycles. The fraction of sp³-hybridized carbons (Fsp3) is 0.421. The Kier molecular flexibility index (Phi) is 4.49. The van der Waals surface area contributed by atoms with Gasteiger partial charge in [0.05, 0.1) is 0 Å². The van der Waals surface area contributed by atoms with E-state index in [1.165, 1.54) is 5.56 Å². The summed E-state index contributed by atoms with van der Waals surface area (Å²) in [4.78, 5) is 11.9. The smallest absolute Gasteiger partial charge is 0.336 e. The van der Waals surface area contributed by atoms with Crippen LogP contribution in [0.1, 0.15) is 43.2 Å². The highest BCUT2D eigenvalue weighted by Crippen LogP contribution is 2.36. The van der Waals surface area contributed by atoms with Crippen LogP contribution in [-0.4, -0.2) is 5.88 Å². The van der Waals surface area contributed by atoms with E-state index in [9.17, 15) is 4.79 Å². The van der Waals surface area contributed by atoms with Gasteiger partial charge in [-0.15, -0.1) is 11.6 Å². The molecule has 2 aromatic heterocycles. The molecule has 23 heavy (non-hydrogen) atoms. The lowest BCUT2D eigenvalue weighted by Gasteiger charge is -2.08. The number of furan rings is 1. The van der Waals surface area contributed by atoms with Crippen LogP contribution < -0.4 is 5.63 Å². The Labute approximate surface area is 140 Å². The van der Waals surface area contributed by atoms with Crippen LogP contribution in [-0.2, 0) is 25.7 Å². The fourth-order valence-electron chi connectivity index (χ4n) is 3.35. The van der Waals surface area contributed by atoms with Crippen molar-refractivity contribution in [2.45, 2.75) is 46.5 Å². The number of hydrogen-bond acceptors (Lipinski definition) is 3. The van der Waals surface area contributed by atoms with Gasteiger partial charge < -0.3 is 8.83 Å². The first-order valence-electron chi connectivity index (χ1n) is 8.23. The van der Waals surface area contributed by atoms with Crippen molar-refractivity contribution in [2.75, 3.05) is 5.88 Å². The second-order valence-electron chi connectivity index (χ2n) is 5.70. The van der Waals surface area contributed by atoms with Gasteiger partial charge in [0.1, 0.15) is 16.9 Å². The van der Waals surface area contributed by atoms with Gasteiger partial charge in [0.2, 0.25) is 0 Å². The molecule has 0 saturated carbocycles. The summed E-state index contributed by atoms with van der Waals surface area (Å²) in [6.07, 6.45) is 3.15. The number of fused-ring (bicyclic) bond motifs is 2. The van der Waals surface area contributed by atoms with Gasteiger partial charge in [-0.05, 0) is 30.9 Å². The first-order valence-corrected chi connectivity index (χ1v) is 8.76. The summed E-state index contributed by atoms with van der Waals surface area (Å²) in [5.41, 5.74) is 4.38. The number of alkyl halides is 1. The van der Waals surface area contributed by atoms with E-state index in [0.29, 0.717) is 11.5 Å². The Bertz CT molecular complexity index is 918. The molecule has 0 aliphatic heterocycles. The molecule has 3 rings (SSSR count). The van der Waals surface area contributed by atoms with Gasteiger partial charge in [-0.1, -0.05) is 20.8 Å². The Morgan fingerprint density at radius 3 is 2.26 bits per heavy atom. The molecule has 0 atom stereocenters. The predicted molar refractivity (Wildman–Crippen MR) is 94.8 cm³/mol. The average molecular weight is 333 g/mol. The number of rotatable bonds is 5. The lowest BCUT2D eigenvalue weighted by atomic mass is 9.98. The number of aryl methyl sites for hydroxylation is 4. The molecule has 122 valence electrons. The molecule has 1 aromatic carbocycles. The Hall–Kier alpha value is -1.74. The van der Waals surface area contributed by atoms with E-state index in [0.717, 1.165) is 58.9 Å². The van der Waals surface area contributed by atoms with Crippen molar-refractivity contribution in [3.05, 3.63) is 45.0 Å². The van der Waals surface area contributed by atoms with Crippen LogP contribution in [0.2, 0.25) is 0 Å². The zero-order valence-corrected chi connectivity index (χ0v) is 14.5. The highest BCUT2D eigenvalue weighted by Gasteiger charge is 2.20. The third kappa shape index (κ3) is 2.57. The van der Waals surface area contributed by atoms with Gasteiger partial charge >= 0.3 is 5.63 Å². The topological polar surface area (TPSA) is 43.4 Å². The third-order valence-corrected chi connectivity index (χ3v) is 4.64. The minimum Gasteiger partial charge on any atom is -0.460 e. The predicted octanol–water partition coefficient (Wildman–Crippen LogP) is 5.01. The van der Waals surface area contributed by atoms with E-state index in [-0.39, 0.29) is 5.63 Å². The average Bonchev–Trinajstić information content (AvgIpc) is 2.90. The molecule has 0 aliphatic rings. The molecule has 0 saturated heterocycles. The van der Waals surface area contributed by atoms with Gasteiger partial charge in [-0.2, -0.15) is 0 Å². The van der Waals surface area contributed by atoms with Gasteiger partial charge in [0.15, 0.2) is 0 Å². The minimum atomic E-state index is -0.299. The van der Waals surface area contributed by atoms with Crippen LogP contribution in [0.4, 0.5) is 0 Å². The Morgan fingerprint density at radius 1 is 0.913 bits per heavy atom. The molecular weight excluding hydrogens is 312 g/mol. The lowest BCUT2D eigenvalue weighted by Crippen LogP contribution is -2.02. The van der Waals surface area contributed by atoms with Crippen molar-refractivity contribution in [1.82, 2.24) is 0 Å². The molecule has 3 aromatic rings. The van der Waals surface area contributed by atoms with Crippen LogP contribution in [0.3, 0.4) is 0 Å². The molecule has 0 bridgehead atoms. The molecular formula is C19H21ClO3. The molecule has 0 fully saturated rings. The van der Waals surface area contributed by atoms with E-state index < -0.39 is 0 Å². The fourth-order valence-corrected chi connectivity index (χ4v) is 3.54. The maximum absolute atomic E-state index is 11.9. The summed E-state index contributed by atoms with van der Waals surface area (Å²) in [5, 5.41) is 2.12. The number of benzene rings is 1. The van der Waals surface area contributed by atoms with Crippen molar-refractivity contribution in [1.29, 1.82) is 0 Å². The van der Waals surface area contributed by atoms with E-state index >= 15 is 0 Å². The van der Waals surface area contributed by atoms with Gasteiger partial charge in [0, 0.05) is 40.3 Å². The van der Waals surface area contributed by atoms with E-state index in [4.69, 9.17) is 20.4 Å². The molecule has 0 spiro atoms. The first kappa shape index (κ1) is 16.1. The Balaban J connectivity index is 2.51. The van der Waals surface area contributed by atoms with Crippen LogP contribution in [0.25, 0.3) is 21.9 Å². The summed E-state index contributed by atoms with van der Waals surface area (Å²) in [6.45, 7) is 6.19. The van der Waals surface area contributed by atoms with Crippen LogP contribution in [0, 0.1) is 0 Å². The van der Waals surface area contributed by atoms with E-state index in [1.54, 1.807) is 6.07 Å². The quantitative estimate of drug-likeness (QED) is 0.487. The standard InChI is InChI=1S/C19H21ClO3/c1-4-11-9-17(21)23-18-12(5-2)19-15(10-14(11)18)13(7-8-20)16(6-3)22-19/h9-10H,4-8H2,1-3H3. The van der Waals surface area contributed by atoms with Crippen molar-refractivity contribution in [3.63, 3.8) is 0 Å². The normalized spacial score (nSPS) is 11.7. The molecule has 2 heterocycles. The second kappa shape index (κ2) is 6.40. The SMILES string of the molecule is CCc1oc2c(CC)c3oc(=O)cc(CC)c3cc2c1CCCl. The minimum absolute atomic E-state index is 0.299. The van der Waals surface area contributed by atoms with Gasteiger partial charge in [-0.3, -0.25) is 0 Å². The highest BCUT2D eigenvalue weighted by molar-refractivity contribution is 6.18. The molecule has 0 radical (unpaired) electrons. The van der Waals surface area contributed by atoms with Crippen LogP contribution in [0.15, 0.2) is 25.8 Å². The van der Waals surface area contributed by atoms with Crippen LogP contribution in [0.5, 0.6) is 0 Å². The summed E-state index contributed by atoms with van der Waals surface area (Å²) >= 11 is 5.99. The summed E-state index contributed by atoms with van der Waals surface area (Å²) in [6, 6.07) is 3.70. The van der Waals surface area contributed by atoms with Crippen molar-refractivity contribution in [2.24, 2.45) is 0 Å². The van der Waals surface area contributed by atoms with E-state index in [1.807, 2.05) is 0 Å². The largest absolute Gasteiger partial charge is 0.460 e. The Morgan fingerprint density at radius 2 is 1.65 bits per heavy atom. The molecule has 0 unspecified atom stereocenters. The zero-order valence-electron chi connectivity index (χ0n) is 13.8. The molecule has 0 N–H and O–H groups in total. The monoisotopic (exact) mass is 332 g/mol. The summed E-state index contributed by atoms with van der Waals surface area (Å²) in [7, 11) is 0. The summed E-state index contributed by atoms with van der Waals surface area (Å²) < 4.78 is 11.7. The molecule has 0 amide bonds. The first-order chi connectivity index (χ1) is 11.1. The number of halogens is 1. The van der Waals surface area contributed by atoms with Crippen molar-refractivity contribution < 1.29 is 8.83 Å².